The average Bonchev–Trinajstić information content (AvgIpc) is 3.01. The van der Waals surface area contributed by atoms with Crippen LogP contribution in [0.2, 0.25) is 5.02 Å². The SMILES string of the molecule is CCOC(=O)Cn1c(C(C)NC(=O)c2ccccc2Cl)nc2ccccc21. The fourth-order valence-corrected chi connectivity index (χ4v) is 3.13. The minimum Gasteiger partial charge on any atom is -0.465 e. The van der Waals surface area contributed by atoms with Gasteiger partial charge in [-0.05, 0) is 38.1 Å². The largest absolute Gasteiger partial charge is 0.465 e. The standard InChI is InChI=1S/C20H20ClN3O3/c1-3-27-18(25)12-24-17-11-7-6-10-16(17)23-19(24)13(2)22-20(26)14-8-4-5-9-15(14)21/h4-11,13H,3,12H2,1-2H3,(H,22,26). The summed E-state index contributed by atoms with van der Waals surface area (Å²) in [6.45, 7) is 3.91. The number of aromatic nitrogens is 2. The van der Waals surface area contributed by atoms with Gasteiger partial charge in [-0.2, -0.15) is 0 Å². The number of amides is 1. The van der Waals surface area contributed by atoms with E-state index in [1.807, 2.05) is 31.2 Å². The van der Waals surface area contributed by atoms with E-state index in [1.54, 1.807) is 35.8 Å². The normalized spacial score (nSPS) is 12.0. The van der Waals surface area contributed by atoms with Gasteiger partial charge in [-0.3, -0.25) is 9.59 Å². The highest BCUT2D eigenvalue weighted by Crippen LogP contribution is 2.22. The smallest absolute Gasteiger partial charge is 0.326 e. The van der Waals surface area contributed by atoms with Crippen LogP contribution in [0.15, 0.2) is 48.5 Å². The number of esters is 1. The Balaban J connectivity index is 1.91. The third kappa shape index (κ3) is 4.11. The number of halogens is 1. The van der Waals surface area contributed by atoms with Crippen molar-refractivity contribution in [2.45, 2.75) is 26.4 Å². The zero-order chi connectivity index (χ0) is 19.4. The summed E-state index contributed by atoms with van der Waals surface area (Å²) in [5.74, 6) is -0.0842. The third-order valence-electron chi connectivity index (χ3n) is 4.13. The van der Waals surface area contributed by atoms with Crippen molar-refractivity contribution in [2.24, 2.45) is 0 Å². The Labute approximate surface area is 162 Å². The van der Waals surface area contributed by atoms with Crippen LogP contribution in [0.5, 0.6) is 0 Å². The number of para-hydroxylation sites is 2. The molecule has 0 saturated heterocycles. The molecule has 2 aromatic carbocycles. The fourth-order valence-electron chi connectivity index (χ4n) is 2.91. The van der Waals surface area contributed by atoms with Gasteiger partial charge in [-0.25, -0.2) is 4.98 Å². The summed E-state index contributed by atoms with van der Waals surface area (Å²) in [7, 11) is 0. The number of rotatable bonds is 6. The quantitative estimate of drug-likeness (QED) is 0.656. The van der Waals surface area contributed by atoms with Crippen molar-refractivity contribution in [2.75, 3.05) is 6.61 Å². The van der Waals surface area contributed by atoms with Gasteiger partial charge in [0.15, 0.2) is 0 Å². The number of nitrogens with one attached hydrogen (secondary N) is 1. The Morgan fingerprint density at radius 3 is 2.63 bits per heavy atom. The lowest BCUT2D eigenvalue weighted by atomic mass is 10.2. The van der Waals surface area contributed by atoms with Gasteiger partial charge in [0.25, 0.3) is 5.91 Å². The molecule has 0 spiro atoms. The Hall–Kier alpha value is -2.86. The number of fused-ring (bicyclic) bond motifs is 1. The second-order valence-electron chi connectivity index (χ2n) is 6.02. The second-order valence-corrected chi connectivity index (χ2v) is 6.43. The summed E-state index contributed by atoms with van der Waals surface area (Å²) in [6, 6.07) is 13.9. The van der Waals surface area contributed by atoms with Crippen molar-refractivity contribution < 1.29 is 14.3 Å². The van der Waals surface area contributed by atoms with Crippen LogP contribution in [0.25, 0.3) is 11.0 Å². The molecule has 7 heteroatoms. The maximum Gasteiger partial charge on any atom is 0.326 e. The first-order valence-corrected chi connectivity index (χ1v) is 9.05. The summed E-state index contributed by atoms with van der Waals surface area (Å²) in [5, 5.41) is 3.28. The molecule has 1 unspecified atom stereocenters. The first kappa shape index (κ1) is 18.9. The van der Waals surface area contributed by atoms with Gasteiger partial charge in [-0.1, -0.05) is 35.9 Å². The molecule has 0 radical (unpaired) electrons. The van der Waals surface area contributed by atoms with Crippen molar-refractivity contribution >= 4 is 34.5 Å². The van der Waals surface area contributed by atoms with E-state index >= 15 is 0 Å². The maximum atomic E-state index is 12.6. The molecule has 1 aromatic heterocycles. The Morgan fingerprint density at radius 2 is 1.89 bits per heavy atom. The molecule has 1 N–H and O–H groups in total. The van der Waals surface area contributed by atoms with Crippen LogP contribution in [-0.2, 0) is 16.1 Å². The van der Waals surface area contributed by atoms with Gasteiger partial charge >= 0.3 is 5.97 Å². The molecule has 27 heavy (non-hydrogen) atoms. The van der Waals surface area contributed by atoms with E-state index in [1.165, 1.54) is 0 Å². The van der Waals surface area contributed by atoms with Crippen LogP contribution >= 0.6 is 11.6 Å². The van der Waals surface area contributed by atoms with Crippen LogP contribution in [0.1, 0.15) is 36.1 Å². The molecule has 6 nitrogen and oxygen atoms in total. The van der Waals surface area contributed by atoms with Crippen molar-refractivity contribution in [1.29, 1.82) is 0 Å². The summed E-state index contributed by atoms with van der Waals surface area (Å²) in [5.41, 5.74) is 1.94. The molecule has 0 saturated carbocycles. The lowest BCUT2D eigenvalue weighted by Crippen LogP contribution is -2.29. The Kier molecular flexibility index (Phi) is 5.76. The van der Waals surface area contributed by atoms with Gasteiger partial charge in [0.05, 0.1) is 34.3 Å². The van der Waals surface area contributed by atoms with Crippen LogP contribution in [0.4, 0.5) is 0 Å². The topological polar surface area (TPSA) is 73.2 Å². The molecule has 0 bridgehead atoms. The van der Waals surface area contributed by atoms with Gasteiger partial charge in [0.1, 0.15) is 12.4 Å². The number of hydrogen-bond acceptors (Lipinski definition) is 4. The van der Waals surface area contributed by atoms with Gasteiger partial charge < -0.3 is 14.6 Å². The lowest BCUT2D eigenvalue weighted by molar-refractivity contribution is -0.143. The van der Waals surface area contributed by atoms with E-state index < -0.39 is 6.04 Å². The third-order valence-corrected chi connectivity index (χ3v) is 4.46. The summed E-state index contributed by atoms with van der Waals surface area (Å²) < 4.78 is 6.84. The molecule has 0 aliphatic heterocycles. The lowest BCUT2D eigenvalue weighted by Gasteiger charge is -2.16. The number of carbonyl (C=O) groups excluding carboxylic acids is 2. The second kappa shape index (κ2) is 8.22. The van der Waals surface area contributed by atoms with E-state index in [0.29, 0.717) is 23.0 Å². The predicted octanol–water partition coefficient (Wildman–Crippen LogP) is 3.74. The Bertz CT molecular complexity index is 984. The molecule has 3 rings (SSSR count). The average molecular weight is 386 g/mol. The van der Waals surface area contributed by atoms with Gasteiger partial charge in [0.2, 0.25) is 0 Å². The van der Waals surface area contributed by atoms with Gasteiger partial charge in [0, 0.05) is 0 Å². The molecule has 140 valence electrons. The number of hydrogen-bond donors (Lipinski definition) is 1. The molecule has 0 aliphatic carbocycles. The van der Waals surface area contributed by atoms with Crippen molar-refractivity contribution in [1.82, 2.24) is 14.9 Å². The van der Waals surface area contributed by atoms with Gasteiger partial charge in [-0.15, -0.1) is 0 Å². The van der Waals surface area contributed by atoms with E-state index in [0.717, 1.165) is 11.0 Å². The van der Waals surface area contributed by atoms with E-state index in [-0.39, 0.29) is 18.4 Å². The minimum atomic E-state index is -0.435. The zero-order valence-corrected chi connectivity index (χ0v) is 15.9. The first-order valence-electron chi connectivity index (χ1n) is 8.67. The molecular weight excluding hydrogens is 366 g/mol. The van der Waals surface area contributed by atoms with Crippen molar-refractivity contribution in [3.8, 4) is 0 Å². The van der Waals surface area contributed by atoms with Crippen LogP contribution in [-0.4, -0.2) is 28.0 Å². The molecular formula is C20H20ClN3O3. The van der Waals surface area contributed by atoms with Crippen molar-refractivity contribution in [3.63, 3.8) is 0 Å². The molecule has 1 heterocycles. The summed E-state index contributed by atoms with van der Waals surface area (Å²) in [4.78, 5) is 29.2. The van der Waals surface area contributed by atoms with E-state index in [2.05, 4.69) is 10.3 Å². The monoisotopic (exact) mass is 385 g/mol. The van der Waals surface area contributed by atoms with Crippen LogP contribution < -0.4 is 5.32 Å². The number of ether oxygens (including phenoxy) is 1. The highest BCUT2D eigenvalue weighted by molar-refractivity contribution is 6.33. The highest BCUT2D eigenvalue weighted by atomic mass is 35.5. The van der Waals surface area contributed by atoms with E-state index in [9.17, 15) is 9.59 Å². The maximum absolute atomic E-state index is 12.6. The van der Waals surface area contributed by atoms with Crippen LogP contribution in [0.3, 0.4) is 0 Å². The molecule has 1 amide bonds. The minimum absolute atomic E-state index is 0.0238. The highest BCUT2D eigenvalue weighted by Gasteiger charge is 2.21. The fraction of sp³-hybridized carbons (Fsp3) is 0.250. The predicted molar refractivity (Wildman–Crippen MR) is 104 cm³/mol. The number of imidazole rings is 1. The van der Waals surface area contributed by atoms with Crippen LogP contribution in [0, 0.1) is 0 Å². The number of nitrogens with zero attached hydrogens (tertiary/aromatic N) is 2. The molecule has 0 fully saturated rings. The van der Waals surface area contributed by atoms with Crippen molar-refractivity contribution in [3.05, 3.63) is 64.9 Å². The molecule has 3 aromatic rings. The summed E-state index contributed by atoms with van der Waals surface area (Å²) in [6.07, 6.45) is 0. The zero-order valence-electron chi connectivity index (χ0n) is 15.1. The summed E-state index contributed by atoms with van der Waals surface area (Å²) >= 11 is 6.10. The first-order chi connectivity index (χ1) is 13.0. The Morgan fingerprint density at radius 1 is 1.19 bits per heavy atom. The molecule has 1 atom stereocenters. The number of benzene rings is 2. The molecule has 0 aliphatic rings. The number of carbonyl (C=O) groups is 2. The van der Waals surface area contributed by atoms with E-state index in [4.69, 9.17) is 16.3 Å².